The van der Waals surface area contributed by atoms with Crippen molar-refractivity contribution in [1.29, 1.82) is 0 Å². The van der Waals surface area contributed by atoms with Crippen LogP contribution in [0.4, 0.5) is 0 Å². The van der Waals surface area contributed by atoms with Crippen molar-refractivity contribution < 1.29 is 19.1 Å². The lowest BCUT2D eigenvalue weighted by Gasteiger charge is -2.49. The fourth-order valence-corrected chi connectivity index (χ4v) is 10.8. The molecule has 0 amide bonds. The molecule has 2 saturated carbocycles. The smallest absolute Gasteiger partial charge is 0.303 e. The third-order valence-corrected chi connectivity index (χ3v) is 15.0. The van der Waals surface area contributed by atoms with Gasteiger partial charge in [0, 0.05) is 6.10 Å². The zero-order valence-corrected chi connectivity index (χ0v) is 24.9. The van der Waals surface area contributed by atoms with E-state index in [0.717, 1.165) is 30.1 Å². The number of fused-ring (bicyclic) bond motifs is 1. The van der Waals surface area contributed by atoms with Crippen LogP contribution in [0.1, 0.15) is 104 Å². The van der Waals surface area contributed by atoms with Crippen LogP contribution in [0.25, 0.3) is 0 Å². The molecule has 4 nitrogen and oxygen atoms in total. The molecule has 2 aliphatic rings. The number of carboxylic acid groups (broad SMARTS) is 1. The quantitative estimate of drug-likeness (QED) is 0.251. The Morgan fingerprint density at radius 3 is 2.33 bits per heavy atom. The van der Waals surface area contributed by atoms with E-state index < -0.39 is 14.3 Å². The van der Waals surface area contributed by atoms with Crippen molar-refractivity contribution in [2.75, 3.05) is 7.11 Å². The van der Waals surface area contributed by atoms with Crippen LogP contribution in [-0.4, -0.2) is 32.6 Å². The molecule has 0 saturated heterocycles. The first-order chi connectivity index (χ1) is 17.2. The highest BCUT2D eigenvalue weighted by Gasteiger charge is 2.53. The molecule has 0 bridgehead atoms. The first-order valence-electron chi connectivity index (χ1n) is 14.7. The Labute approximate surface area is 221 Å². The van der Waals surface area contributed by atoms with Gasteiger partial charge >= 0.3 is 5.97 Å². The van der Waals surface area contributed by atoms with Gasteiger partial charge in [-0.15, -0.1) is 0 Å². The van der Waals surface area contributed by atoms with Crippen molar-refractivity contribution in [3.63, 3.8) is 0 Å². The van der Waals surface area contributed by atoms with Gasteiger partial charge in [-0.25, -0.2) is 0 Å². The van der Waals surface area contributed by atoms with Gasteiger partial charge in [0.25, 0.3) is 0 Å². The second-order valence-electron chi connectivity index (χ2n) is 12.1. The van der Waals surface area contributed by atoms with Gasteiger partial charge < -0.3 is 14.3 Å². The first kappa shape index (κ1) is 29.2. The lowest BCUT2D eigenvalue weighted by atomic mass is 9.61. The van der Waals surface area contributed by atoms with Crippen molar-refractivity contribution in [3.05, 3.63) is 29.8 Å². The monoisotopic (exact) mass is 516 g/mol. The number of aliphatic carboxylic acids is 1. The number of rotatable bonds is 14. The largest absolute Gasteiger partial charge is 0.497 e. The third kappa shape index (κ3) is 6.56. The Hall–Kier alpha value is -1.33. The minimum absolute atomic E-state index is 0.0650. The number of ether oxygens (including phenoxy) is 1. The molecular formula is C31H52O4Si. The molecule has 2 unspecified atom stereocenters. The van der Waals surface area contributed by atoms with Crippen LogP contribution in [0, 0.1) is 23.2 Å². The Morgan fingerprint density at radius 1 is 1.08 bits per heavy atom. The zero-order valence-electron chi connectivity index (χ0n) is 23.9. The van der Waals surface area contributed by atoms with E-state index in [0.29, 0.717) is 23.4 Å². The van der Waals surface area contributed by atoms with Gasteiger partial charge in [-0.3, -0.25) is 4.79 Å². The topological polar surface area (TPSA) is 55.8 Å². The van der Waals surface area contributed by atoms with E-state index in [1.807, 2.05) is 24.3 Å². The number of methoxy groups -OCH3 is 1. The molecule has 5 heteroatoms. The second kappa shape index (κ2) is 13.0. The Bertz CT molecular complexity index is 812. The summed E-state index contributed by atoms with van der Waals surface area (Å²) in [6.45, 7) is 12.1. The van der Waals surface area contributed by atoms with E-state index in [4.69, 9.17) is 9.16 Å². The number of benzene rings is 1. The number of carboxylic acids is 1. The van der Waals surface area contributed by atoms with Gasteiger partial charge in [0.05, 0.1) is 13.5 Å². The summed E-state index contributed by atoms with van der Waals surface area (Å²) in [5.41, 5.74) is 1.51. The minimum atomic E-state index is -1.59. The Kier molecular flexibility index (Phi) is 10.5. The molecule has 36 heavy (non-hydrogen) atoms. The normalized spacial score (nSPS) is 27.9. The average Bonchev–Trinajstić information content (AvgIpc) is 3.24. The Balaban J connectivity index is 1.62. The van der Waals surface area contributed by atoms with E-state index in [9.17, 15) is 9.90 Å². The molecule has 0 heterocycles. The molecule has 2 aliphatic carbocycles. The van der Waals surface area contributed by atoms with Crippen LogP contribution >= 0.6 is 0 Å². The maximum Gasteiger partial charge on any atom is 0.303 e. The van der Waals surface area contributed by atoms with Gasteiger partial charge in [0.15, 0.2) is 8.32 Å². The molecule has 2 fully saturated rings. The highest BCUT2D eigenvalue weighted by Crippen LogP contribution is 2.59. The summed E-state index contributed by atoms with van der Waals surface area (Å²) >= 11 is 0. The summed E-state index contributed by atoms with van der Waals surface area (Å²) in [6, 6.07) is 11.7. The van der Waals surface area contributed by atoms with Crippen LogP contribution in [0.2, 0.25) is 18.1 Å². The van der Waals surface area contributed by atoms with E-state index in [-0.39, 0.29) is 12.3 Å². The molecule has 0 aliphatic heterocycles. The van der Waals surface area contributed by atoms with Crippen molar-refractivity contribution >= 4 is 14.3 Å². The van der Waals surface area contributed by atoms with Gasteiger partial charge in [-0.05, 0) is 97.0 Å². The van der Waals surface area contributed by atoms with Gasteiger partial charge in [0.1, 0.15) is 5.75 Å². The molecule has 3 rings (SSSR count). The summed E-state index contributed by atoms with van der Waals surface area (Å²) in [5.74, 6) is 2.31. The lowest BCUT2D eigenvalue weighted by Crippen LogP contribution is -2.48. The van der Waals surface area contributed by atoms with Crippen LogP contribution in [0.5, 0.6) is 5.75 Å². The minimum Gasteiger partial charge on any atom is -0.497 e. The van der Waals surface area contributed by atoms with E-state index >= 15 is 0 Å². The standard InChI is InChI=1S/C31H52O4Si/c1-7-36(8-2,9-3)35-29-14-11-21-31(5)27(19-20-28(29)31)23(4)12-10-13-25(22-30(32)33)24-15-17-26(34-6)18-16-24/h15-18,23,25,27-29H,7-14,19-22H2,1-6H3,(H,32,33)/t23?,25-,27?,28+,29+,31-/m0/s1. The summed E-state index contributed by atoms with van der Waals surface area (Å²) in [4.78, 5) is 11.6. The van der Waals surface area contributed by atoms with Gasteiger partial charge in [0.2, 0.25) is 0 Å². The number of hydrogen-bond donors (Lipinski definition) is 1. The fraction of sp³-hybridized carbons (Fsp3) is 0.774. The summed E-state index contributed by atoms with van der Waals surface area (Å²) in [5, 5.41) is 9.52. The summed E-state index contributed by atoms with van der Waals surface area (Å²) < 4.78 is 12.4. The highest BCUT2D eigenvalue weighted by molar-refractivity contribution is 6.73. The molecule has 204 valence electrons. The van der Waals surface area contributed by atoms with Crippen LogP contribution < -0.4 is 4.74 Å². The van der Waals surface area contributed by atoms with Crippen molar-refractivity contribution in [2.45, 2.75) is 123 Å². The van der Waals surface area contributed by atoms with Crippen molar-refractivity contribution in [1.82, 2.24) is 0 Å². The molecule has 1 aromatic carbocycles. The maximum absolute atomic E-state index is 11.6. The molecule has 0 spiro atoms. The zero-order chi connectivity index (χ0) is 26.3. The highest BCUT2D eigenvalue weighted by atomic mass is 28.4. The number of carbonyl (C=O) groups is 1. The fourth-order valence-electron chi connectivity index (χ4n) is 7.92. The van der Waals surface area contributed by atoms with E-state index in [1.165, 1.54) is 56.7 Å². The molecular weight excluding hydrogens is 464 g/mol. The molecule has 0 radical (unpaired) electrons. The molecule has 6 atom stereocenters. The van der Waals surface area contributed by atoms with Crippen molar-refractivity contribution in [2.24, 2.45) is 23.2 Å². The van der Waals surface area contributed by atoms with E-state index in [1.54, 1.807) is 7.11 Å². The van der Waals surface area contributed by atoms with Crippen molar-refractivity contribution in [3.8, 4) is 5.75 Å². The second-order valence-corrected chi connectivity index (χ2v) is 16.8. The lowest BCUT2D eigenvalue weighted by molar-refractivity contribution is -0.137. The molecule has 1 aromatic rings. The predicted octanol–water partition coefficient (Wildman–Crippen LogP) is 8.67. The average molecular weight is 517 g/mol. The Morgan fingerprint density at radius 2 is 1.75 bits per heavy atom. The van der Waals surface area contributed by atoms with Crippen LogP contribution in [-0.2, 0) is 9.22 Å². The molecule has 1 N–H and O–H groups in total. The van der Waals surface area contributed by atoms with Crippen LogP contribution in [0.15, 0.2) is 24.3 Å². The summed E-state index contributed by atoms with van der Waals surface area (Å²) in [6.07, 6.45) is 10.4. The summed E-state index contributed by atoms with van der Waals surface area (Å²) in [7, 11) is 0.0741. The molecule has 0 aromatic heterocycles. The number of hydrogen-bond acceptors (Lipinski definition) is 3. The third-order valence-electron chi connectivity index (χ3n) is 10.4. The SMILES string of the molecule is CC[Si](CC)(CC)O[C@@H]1CCC[C@@]2(C)C(C(C)CCC[C@@H](CC(=O)O)c3ccc(OC)cc3)CC[C@H]12. The van der Waals surface area contributed by atoms with Gasteiger partial charge in [-0.1, -0.05) is 66.0 Å². The van der Waals surface area contributed by atoms with Crippen LogP contribution in [0.3, 0.4) is 0 Å². The van der Waals surface area contributed by atoms with Gasteiger partial charge in [-0.2, -0.15) is 0 Å². The predicted molar refractivity (Wildman–Crippen MR) is 151 cm³/mol. The van der Waals surface area contributed by atoms with E-state index in [2.05, 4.69) is 34.6 Å². The maximum atomic E-state index is 11.6. The first-order valence-corrected chi connectivity index (χ1v) is 17.3.